The van der Waals surface area contributed by atoms with Gasteiger partial charge in [0, 0.05) is 12.7 Å². The second kappa shape index (κ2) is 6.70. The lowest BCUT2D eigenvalue weighted by Gasteiger charge is -2.01. The quantitative estimate of drug-likeness (QED) is 0.588. The Balaban J connectivity index is 1.90. The third-order valence-electron chi connectivity index (χ3n) is 2.25. The van der Waals surface area contributed by atoms with Crippen LogP contribution in [0.15, 0.2) is 12.3 Å². The fourth-order valence-corrected chi connectivity index (χ4v) is 1.44. The predicted molar refractivity (Wildman–Crippen MR) is 54.4 cm³/mol. The lowest BCUT2D eigenvalue weighted by molar-refractivity contribution is 0.527. The summed E-state index contributed by atoms with van der Waals surface area (Å²) >= 11 is 0. The normalized spacial score (nSPS) is 10.5. The van der Waals surface area contributed by atoms with Crippen LogP contribution in [0, 0.1) is 6.20 Å². The summed E-state index contributed by atoms with van der Waals surface area (Å²) in [6.07, 6.45) is 12.8. The molecule has 0 aliphatic carbocycles. The molecule has 1 aromatic rings. The summed E-state index contributed by atoms with van der Waals surface area (Å²) in [4.78, 5) is 0. The third kappa shape index (κ3) is 4.71. The highest BCUT2D eigenvalue weighted by atomic mass is 15.3. The van der Waals surface area contributed by atoms with E-state index >= 15 is 0 Å². The number of aromatic nitrogens is 2. The molecule has 73 valence electrons. The molecule has 0 saturated heterocycles. The topological polar surface area (TPSA) is 17.8 Å². The van der Waals surface area contributed by atoms with Crippen LogP contribution in [0.25, 0.3) is 0 Å². The molecule has 0 saturated carbocycles. The zero-order chi connectivity index (χ0) is 9.36. The van der Waals surface area contributed by atoms with E-state index in [2.05, 4.69) is 18.2 Å². The van der Waals surface area contributed by atoms with Gasteiger partial charge in [0.1, 0.15) is 6.20 Å². The molecule has 0 amide bonds. The molecule has 13 heavy (non-hydrogen) atoms. The van der Waals surface area contributed by atoms with Crippen LogP contribution in [0.3, 0.4) is 0 Å². The lowest BCUT2D eigenvalue weighted by atomic mass is 10.1. The van der Waals surface area contributed by atoms with Gasteiger partial charge >= 0.3 is 0 Å². The van der Waals surface area contributed by atoms with Crippen molar-refractivity contribution in [1.29, 1.82) is 0 Å². The van der Waals surface area contributed by atoms with Crippen LogP contribution in [-0.4, -0.2) is 9.78 Å². The fourth-order valence-electron chi connectivity index (χ4n) is 1.44. The Hall–Kier alpha value is -0.790. The molecule has 1 rings (SSSR count). The van der Waals surface area contributed by atoms with Crippen molar-refractivity contribution in [3.63, 3.8) is 0 Å². The van der Waals surface area contributed by atoms with E-state index in [9.17, 15) is 0 Å². The molecule has 0 spiro atoms. The summed E-state index contributed by atoms with van der Waals surface area (Å²) < 4.78 is 1.96. The van der Waals surface area contributed by atoms with Crippen LogP contribution >= 0.6 is 0 Å². The van der Waals surface area contributed by atoms with Crippen LogP contribution in [-0.2, 0) is 6.54 Å². The molecule has 0 unspecified atom stereocenters. The Kier molecular flexibility index (Phi) is 5.30. The summed E-state index contributed by atoms with van der Waals surface area (Å²) in [5.74, 6) is 0. The Morgan fingerprint density at radius 3 is 2.62 bits per heavy atom. The van der Waals surface area contributed by atoms with Gasteiger partial charge < -0.3 is 0 Å². The van der Waals surface area contributed by atoms with E-state index in [1.165, 1.54) is 38.5 Å². The van der Waals surface area contributed by atoms with Crippen LogP contribution in [0.1, 0.15) is 45.4 Å². The second-order valence-electron chi connectivity index (χ2n) is 3.48. The predicted octanol–water partition coefficient (Wildman–Crippen LogP) is 3.04. The number of nitrogens with zero attached hydrogens (tertiary/aromatic N) is 2. The van der Waals surface area contributed by atoms with Crippen molar-refractivity contribution in [1.82, 2.24) is 9.78 Å². The Labute approximate surface area is 81.0 Å². The lowest BCUT2D eigenvalue weighted by Crippen LogP contribution is -1.97. The molecular formula is C11H19N2. The summed E-state index contributed by atoms with van der Waals surface area (Å²) in [6.45, 7) is 3.30. The van der Waals surface area contributed by atoms with E-state index in [-0.39, 0.29) is 0 Å². The highest BCUT2D eigenvalue weighted by molar-refractivity contribution is 4.75. The highest BCUT2D eigenvalue weighted by Crippen LogP contribution is 2.05. The van der Waals surface area contributed by atoms with Crippen molar-refractivity contribution in [2.75, 3.05) is 0 Å². The van der Waals surface area contributed by atoms with Gasteiger partial charge in [-0.1, -0.05) is 39.0 Å². The second-order valence-corrected chi connectivity index (χ2v) is 3.48. The largest absolute Gasteiger partial charge is 0.272 e. The average Bonchev–Trinajstić information content (AvgIpc) is 2.63. The van der Waals surface area contributed by atoms with E-state index in [1.807, 2.05) is 16.9 Å². The van der Waals surface area contributed by atoms with E-state index in [0.29, 0.717) is 0 Å². The van der Waals surface area contributed by atoms with Crippen molar-refractivity contribution < 1.29 is 0 Å². The van der Waals surface area contributed by atoms with E-state index in [0.717, 1.165) is 6.54 Å². The SMILES string of the molecule is CCCCCCCCn1cc[c]n1. The van der Waals surface area contributed by atoms with E-state index in [1.54, 1.807) is 0 Å². The van der Waals surface area contributed by atoms with Gasteiger partial charge in [-0.3, -0.25) is 4.68 Å². The zero-order valence-corrected chi connectivity index (χ0v) is 8.50. The molecule has 0 aromatic carbocycles. The van der Waals surface area contributed by atoms with Crippen LogP contribution in [0.5, 0.6) is 0 Å². The average molecular weight is 179 g/mol. The first kappa shape index (κ1) is 10.3. The molecule has 2 nitrogen and oxygen atoms in total. The monoisotopic (exact) mass is 179 g/mol. The molecule has 1 heterocycles. The van der Waals surface area contributed by atoms with Crippen molar-refractivity contribution >= 4 is 0 Å². The Morgan fingerprint density at radius 2 is 1.92 bits per heavy atom. The van der Waals surface area contributed by atoms with Crippen molar-refractivity contribution in [3.05, 3.63) is 18.5 Å². The first-order valence-corrected chi connectivity index (χ1v) is 5.33. The van der Waals surface area contributed by atoms with Gasteiger partial charge in [0.2, 0.25) is 0 Å². The van der Waals surface area contributed by atoms with Crippen molar-refractivity contribution in [2.45, 2.75) is 52.0 Å². The molecular weight excluding hydrogens is 160 g/mol. The van der Waals surface area contributed by atoms with Gasteiger partial charge in [-0.25, -0.2) is 0 Å². The summed E-state index contributed by atoms with van der Waals surface area (Å²) in [7, 11) is 0. The van der Waals surface area contributed by atoms with Gasteiger partial charge in [-0.15, -0.1) is 0 Å². The molecule has 0 N–H and O–H groups in total. The number of hydrogen-bond acceptors (Lipinski definition) is 1. The molecule has 1 radical (unpaired) electrons. The molecule has 0 aliphatic rings. The van der Waals surface area contributed by atoms with Crippen LogP contribution in [0.4, 0.5) is 0 Å². The molecule has 0 bridgehead atoms. The summed E-state index contributed by atoms with van der Waals surface area (Å²) in [5.41, 5.74) is 0. The van der Waals surface area contributed by atoms with Crippen molar-refractivity contribution in [3.8, 4) is 0 Å². The standard InChI is InChI=1S/C11H19N2/c1-2-3-4-5-6-7-10-13-11-8-9-12-13/h8,11H,2-7,10H2,1H3. The van der Waals surface area contributed by atoms with Gasteiger partial charge in [-0.05, 0) is 12.5 Å². The van der Waals surface area contributed by atoms with Gasteiger partial charge in [0.15, 0.2) is 0 Å². The minimum Gasteiger partial charge on any atom is -0.272 e. The first-order chi connectivity index (χ1) is 6.43. The summed E-state index contributed by atoms with van der Waals surface area (Å²) in [6, 6.07) is 1.86. The zero-order valence-electron chi connectivity index (χ0n) is 8.50. The number of aryl methyl sites for hydroxylation is 1. The van der Waals surface area contributed by atoms with Gasteiger partial charge in [0.05, 0.1) is 0 Å². The minimum atomic E-state index is 1.05. The first-order valence-electron chi connectivity index (χ1n) is 5.33. The maximum absolute atomic E-state index is 4.04. The molecule has 0 atom stereocenters. The maximum atomic E-state index is 4.04. The fraction of sp³-hybridized carbons (Fsp3) is 0.727. The molecule has 1 aromatic heterocycles. The van der Waals surface area contributed by atoms with Crippen LogP contribution < -0.4 is 0 Å². The van der Waals surface area contributed by atoms with Gasteiger partial charge in [0.25, 0.3) is 0 Å². The smallest absolute Gasteiger partial charge is 0.113 e. The van der Waals surface area contributed by atoms with Crippen molar-refractivity contribution in [2.24, 2.45) is 0 Å². The molecule has 2 heteroatoms. The number of hydrogen-bond donors (Lipinski definition) is 0. The minimum absolute atomic E-state index is 1.05. The number of rotatable bonds is 7. The number of unbranched alkanes of at least 4 members (excludes halogenated alkanes) is 5. The summed E-state index contributed by atoms with van der Waals surface area (Å²) in [5, 5.41) is 4.04. The highest BCUT2D eigenvalue weighted by Gasteiger charge is 1.91. The van der Waals surface area contributed by atoms with Crippen LogP contribution in [0.2, 0.25) is 0 Å². The van der Waals surface area contributed by atoms with E-state index < -0.39 is 0 Å². The third-order valence-corrected chi connectivity index (χ3v) is 2.25. The Morgan fingerprint density at radius 1 is 1.15 bits per heavy atom. The molecule has 0 aliphatic heterocycles. The van der Waals surface area contributed by atoms with Gasteiger partial charge in [-0.2, -0.15) is 5.10 Å². The molecule has 0 fully saturated rings. The Bertz CT molecular complexity index is 192. The maximum Gasteiger partial charge on any atom is 0.113 e. The van der Waals surface area contributed by atoms with E-state index in [4.69, 9.17) is 0 Å².